The van der Waals surface area contributed by atoms with Gasteiger partial charge in [-0.25, -0.2) is 14.4 Å². The van der Waals surface area contributed by atoms with Crippen LogP contribution in [0, 0.1) is 11.7 Å². The fourth-order valence-corrected chi connectivity index (χ4v) is 3.43. The van der Waals surface area contributed by atoms with Crippen LogP contribution in [0.2, 0.25) is 0 Å². The molecule has 2 saturated heterocycles. The maximum absolute atomic E-state index is 12.9. The SMILES string of the molecule is O=C(NCC1CCC2(CN(c3ncc(F)cn3)C2)OC1)c1ccncc1. The lowest BCUT2D eigenvalue weighted by molar-refractivity contribution is -0.115. The highest BCUT2D eigenvalue weighted by molar-refractivity contribution is 5.93. The van der Waals surface area contributed by atoms with Crippen molar-refractivity contribution < 1.29 is 13.9 Å². The number of hydrogen-bond donors (Lipinski definition) is 1. The molecule has 1 spiro atoms. The van der Waals surface area contributed by atoms with E-state index in [1.54, 1.807) is 24.5 Å². The molecular weight excluding hydrogens is 337 g/mol. The number of carbonyl (C=O) groups is 1. The standard InChI is InChI=1S/C18H20FN5O2/c19-15-8-22-17(23-9-15)24-11-18(12-24)4-1-13(10-26-18)7-21-16(25)14-2-5-20-6-3-14/h2-3,5-6,8-9,13H,1,4,7,10-12H2,(H,21,25). The molecule has 2 aliphatic heterocycles. The van der Waals surface area contributed by atoms with Crippen molar-refractivity contribution in [2.45, 2.75) is 18.4 Å². The molecule has 4 rings (SSSR count). The molecular formula is C18H20FN5O2. The maximum Gasteiger partial charge on any atom is 0.251 e. The van der Waals surface area contributed by atoms with Crippen LogP contribution in [0.5, 0.6) is 0 Å². The highest BCUT2D eigenvalue weighted by atomic mass is 19.1. The Kier molecular flexibility index (Phi) is 4.50. The summed E-state index contributed by atoms with van der Waals surface area (Å²) < 4.78 is 19.0. The highest BCUT2D eigenvalue weighted by Crippen LogP contribution is 2.37. The second-order valence-corrected chi connectivity index (χ2v) is 6.90. The van der Waals surface area contributed by atoms with Gasteiger partial charge in [-0.3, -0.25) is 9.78 Å². The van der Waals surface area contributed by atoms with E-state index in [1.807, 2.05) is 4.90 Å². The molecule has 1 N–H and O–H groups in total. The zero-order valence-electron chi connectivity index (χ0n) is 14.3. The van der Waals surface area contributed by atoms with Gasteiger partial charge < -0.3 is 15.0 Å². The van der Waals surface area contributed by atoms with Gasteiger partial charge in [-0.2, -0.15) is 0 Å². The third kappa shape index (κ3) is 3.50. The zero-order chi connectivity index (χ0) is 18.0. The highest BCUT2D eigenvalue weighted by Gasteiger charge is 2.47. The third-order valence-electron chi connectivity index (χ3n) is 4.97. The fourth-order valence-electron chi connectivity index (χ4n) is 3.43. The molecule has 2 aromatic rings. The number of hydrogen-bond acceptors (Lipinski definition) is 6. The molecule has 0 bridgehead atoms. The molecule has 2 aromatic heterocycles. The van der Waals surface area contributed by atoms with Crippen LogP contribution in [-0.2, 0) is 4.74 Å². The molecule has 4 heterocycles. The number of rotatable bonds is 4. The number of pyridine rings is 1. The van der Waals surface area contributed by atoms with Gasteiger partial charge in [-0.1, -0.05) is 0 Å². The van der Waals surface area contributed by atoms with Gasteiger partial charge in [-0.05, 0) is 30.9 Å². The van der Waals surface area contributed by atoms with E-state index in [0.717, 1.165) is 12.8 Å². The molecule has 8 heteroatoms. The molecule has 0 aromatic carbocycles. The summed E-state index contributed by atoms with van der Waals surface area (Å²) in [5, 5.41) is 2.96. The van der Waals surface area contributed by atoms with E-state index in [1.165, 1.54) is 12.4 Å². The van der Waals surface area contributed by atoms with Gasteiger partial charge in [0.15, 0.2) is 5.82 Å². The van der Waals surface area contributed by atoms with E-state index in [2.05, 4.69) is 20.3 Å². The first kappa shape index (κ1) is 16.8. The first-order valence-corrected chi connectivity index (χ1v) is 8.68. The Morgan fingerprint density at radius 3 is 2.69 bits per heavy atom. The van der Waals surface area contributed by atoms with Gasteiger partial charge in [0.05, 0.1) is 32.1 Å². The summed E-state index contributed by atoms with van der Waals surface area (Å²) in [7, 11) is 0. The number of halogens is 1. The molecule has 136 valence electrons. The van der Waals surface area contributed by atoms with E-state index in [4.69, 9.17) is 4.74 Å². The monoisotopic (exact) mass is 357 g/mol. The van der Waals surface area contributed by atoms with Crippen LogP contribution in [-0.4, -0.2) is 52.7 Å². The van der Waals surface area contributed by atoms with Crippen molar-refractivity contribution in [2.75, 3.05) is 31.1 Å². The molecule has 0 aliphatic carbocycles. The summed E-state index contributed by atoms with van der Waals surface area (Å²) in [6.07, 6.45) is 7.49. The van der Waals surface area contributed by atoms with Gasteiger partial charge >= 0.3 is 0 Å². The van der Waals surface area contributed by atoms with Crippen LogP contribution in [0.3, 0.4) is 0 Å². The first-order valence-electron chi connectivity index (χ1n) is 8.68. The predicted molar refractivity (Wildman–Crippen MR) is 92.2 cm³/mol. The van der Waals surface area contributed by atoms with Crippen LogP contribution in [0.15, 0.2) is 36.9 Å². The molecule has 2 fully saturated rings. The molecule has 0 saturated carbocycles. The number of nitrogens with one attached hydrogen (secondary N) is 1. The molecule has 0 radical (unpaired) electrons. The molecule has 2 aliphatic rings. The van der Waals surface area contributed by atoms with Crippen molar-refractivity contribution in [1.82, 2.24) is 20.3 Å². The van der Waals surface area contributed by atoms with E-state index in [0.29, 0.717) is 43.7 Å². The first-order chi connectivity index (χ1) is 12.6. The molecule has 1 atom stereocenters. The lowest BCUT2D eigenvalue weighted by Gasteiger charge is -2.52. The molecule has 1 amide bonds. The average Bonchev–Trinajstić information content (AvgIpc) is 2.66. The van der Waals surface area contributed by atoms with Gasteiger partial charge in [-0.15, -0.1) is 0 Å². The lowest BCUT2D eigenvalue weighted by Crippen LogP contribution is -2.65. The van der Waals surface area contributed by atoms with E-state index in [-0.39, 0.29) is 11.5 Å². The smallest absolute Gasteiger partial charge is 0.251 e. The van der Waals surface area contributed by atoms with Crippen LogP contribution in [0.25, 0.3) is 0 Å². The summed E-state index contributed by atoms with van der Waals surface area (Å²) >= 11 is 0. The average molecular weight is 357 g/mol. The zero-order valence-corrected chi connectivity index (χ0v) is 14.3. The summed E-state index contributed by atoms with van der Waals surface area (Å²) in [6.45, 7) is 2.65. The second kappa shape index (κ2) is 6.95. The largest absolute Gasteiger partial charge is 0.371 e. The minimum absolute atomic E-state index is 0.0871. The third-order valence-corrected chi connectivity index (χ3v) is 4.97. The van der Waals surface area contributed by atoms with Gasteiger partial charge in [0.2, 0.25) is 5.95 Å². The van der Waals surface area contributed by atoms with Crippen molar-refractivity contribution in [1.29, 1.82) is 0 Å². The Balaban J connectivity index is 1.22. The van der Waals surface area contributed by atoms with Crippen molar-refractivity contribution in [3.8, 4) is 0 Å². The summed E-state index contributed by atoms with van der Waals surface area (Å²) in [6, 6.07) is 3.39. The summed E-state index contributed by atoms with van der Waals surface area (Å²) in [4.78, 5) is 26.0. The minimum atomic E-state index is -0.436. The van der Waals surface area contributed by atoms with Gasteiger partial charge in [0.25, 0.3) is 5.91 Å². The van der Waals surface area contributed by atoms with E-state index < -0.39 is 5.82 Å². The van der Waals surface area contributed by atoms with Crippen LogP contribution < -0.4 is 10.2 Å². The Labute approximate surface area is 150 Å². The van der Waals surface area contributed by atoms with Crippen LogP contribution in [0.1, 0.15) is 23.2 Å². The predicted octanol–water partition coefficient (Wildman–Crippen LogP) is 1.43. The Morgan fingerprint density at radius 1 is 1.31 bits per heavy atom. The normalized spacial score (nSPS) is 21.3. The topological polar surface area (TPSA) is 80.2 Å². The van der Waals surface area contributed by atoms with E-state index >= 15 is 0 Å². The fraction of sp³-hybridized carbons (Fsp3) is 0.444. The number of nitrogens with zero attached hydrogens (tertiary/aromatic N) is 4. The number of amides is 1. The van der Waals surface area contributed by atoms with Crippen molar-refractivity contribution in [3.05, 3.63) is 48.3 Å². The molecule has 7 nitrogen and oxygen atoms in total. The van der Waals surface area contributed by atoms with Crippen molar-refractivity contribution in [2.24, 2.45) is 5.92 Å². The van der Waals surface area contributed by atoms with Crippen LogP contribution >= 0.6 is 0 Å². The summed E-state index contributed by atoms with van der Waals surface area (Å²) in [5.41, 5.74) is 0.450. The second-order valence-electron chi connectivity index (χ2n) is 6.90. The Hall–Kier alpha value is -2.61. The lowest BCUT2D eigenvalue weighted by atomic mass is 9.83. The number of aromatic nitrogens is 3. The molecule has 1 unspecified atom stereocenters. The molecule has 26 heavy (non-hydrogen) atoms. The van der Waals surface area contributed by atoms with Crippen LogP contribution in [0.4, 0.5) is 10.3 Å². The number of anilines is 1. The maximum atomic E-state index is 12.9. The Bertz CT molecular complexity index is 755. The van der Waals surface area contributed by atoms with Gasteiger partial charge in [0, 0.05) is 24.5 Å². The van der Waals surface area contributed by atoms with E-state index in [9.17, 15) is 9.18 Å². The van der Waals surface area contributed by atoms with Crippen molar-refractivity contribution >= 4 is 11.9 Å². The number of ether oxygens (including phenoxy) is 1. The summed E-state index contributed by atoms with van der Waals surface area (Å²) in [5.74, 6) is 0.320. The number of carbonyl (C=O) groups excluding carboxylic acids is 1. The Morgan fingerprint density at radius 2 is 2.04 bits per heavy atom. The van der Waals surface area contributed by atoms with Crippen molar-refractivity contribution in [3.63, 3.8) is 0 Å². The minimum Gasteiger partial charge on any atom is -0.371 e. The van der Waals surface area contributed by atoms with Gasteiger partial charge in [0.1, 0.15) is 5.60 Å². The quantitative estimate of drug-likeness (QED) is 0.892.